The molecular formula is C4H8W. The predicted molar refractivity (Wildman–Crippen MR) is 19.9 cm³/mol. The second-order valence-electron chi connectivity index (χ2n) is 1.11. The summed E-state index contributed by atoms with van der Waals surface area (Å²) in [5.74, 6) is 0.333. The Morgan fingerprint density at radius 2 is 1.40 bits per heavy atom. The van der Waals surface area contributed by atoms with Crippen LogP contribution >= 0.6 is 0 Å². The van der Waals surface area contributed by atoms with Crippen molar-refractivity contribution in [3.63, 3.8) is 0 Å². The summed E-state index contributed by atoms with van der Waals surface area (Å²) in [5.41, 5.74) is 0. The Hall–Kier alpha value is 0.688. The Kier molecular flexibility index (Phi) is 8.62. The first-order valence-electron chi connectivity index (χ1n) is 1.39. The molecule has 0 rings (SSSR count). The van der Waals surface area contributed by atoms with Crippen molar-refractivity contribution in [3.05, 3.63) is 13.8 Å². The predicted octanol–water partition coefficient (Wildman–Crippen LogP) is 1.29. The van der Waals surface area contributed by atoms with Crippen LogP contribution in [0.1, 0.15) is 6.92 Å². The van der Waals surface area contributed by atoms with Gasteiger partial charge in [-0.15, -0.1) is 6.92 Å². The van der Waals surface area contributed by atoms with Gasteiger partial charge < -0.3 is 19.8 Å². The zero-order chi connectivity index (χ0) is 3.58. The van der Waals surface area contributed by atoms with Gasteiger partial charge >= 0.3 is 21.1 Å². The molecule has 0 fully saturated rings. The molecule has 0 aliphatic carbocycles. The molecule has 0 aliphatic rings. The summed E-state index contributed by atoms with van der Waals surface area (Å²) in [6, 6.07) is 0. The van der Waals surface area contributed by atoms with Gasteiger partial charge in [-0.2, -0.15) is 0 Å². The van der Waals surface area contributed by atoms with Crippen LogP contribution in [0.25, 0.3) is 0 Å². The van der Waals surface area contributed by atoms with Crippen molar-refractivity contribution in [2.45, 2.75) is 6.92 Å². The zero-order valence-corrected chi connectivity index (χ0v) is 6.33. The molecule has 0 nitrogen and oxygen atoms in total. The maximum absolute atomic E-state index is 3.53. The van der Waals surface area contributed by atoms with Gasteiger partial charge in [0.25, 0.3) is 0 Å². The molecular weight excluding hydrogens is 232 g/mol. The van der Waals surface area contributed by atoms with Gasteiger partial charge in [0.05, 0.1) is 0 Å². The number of hydrogen-bond donors (Lipinski definition) is 0. The fourth-order valence-electron chi connectivity index (χ4n) is 0. The first kappa shape index (κ1) is 9.19. The van der Waals surface area contributed by atoms with Crippen molar-refractivity contribution in [1.82, 2.24) is 0 Å². The summed E-state index contributed by atoms with van der Waals surface area (Å²) < 4.78 is 0. The van der Waals surface area contributed by atoms with Crippen LogP contribution < -0.4 is 0 Å². The minimum Gasteiger partial charge on any atom is -0.370 e. The fraction of sp³-hybridized carbons (Fsp3) is 0.500. The largest absolute Gasteiger partial charge is 2.00 e. The normalized spacial score (nSPS) is 7.20. The number of hydrogen-bond acceptors (Lipinski definition) is 0. The van der Waals surface area contributed by atoms with Crippen molar-refractivity contribution in [3.8, 4) is 0 Å². The first-order valence-corrected chi connectivity index (χ1v) is 1.39. The van der Waals surface area contributed by atoms with E-state index in [1.807, 2.05) is 6.92 Å². The Morgan fingerprint density at radius 1 is 1.40 bits per heavy atom. The summed E-state index contributed by atoms with van der Waals surface area (Å²) in [5, 5.41) is 0. The molecule has 1 heteroatoms. The zero-order valence-electron chi connectivity index (χ0n) is 3.40. The summed E-state index contributed by atoms with van der Waals surface area (Å²) >= 11 is 0. The maximum Gasteiger partial charge on any atom is 2.00 e. The monoisotopic (exact) mass is 240 g/mol. The topological polar surface area (TPSA) is 0 Å². The van der Waals surface area contributed by atoms with Gasteiger partial charge in [-0.05, 0) is 0 Å². The van der Waals surface area contributed by atoms with Crippen LogP contribution in [-0.4, -0.2) is 0 Å². The quantitative estimate of drug-likeness (QED) is 0.559. The van der Waals surface area contributed by atoms with Gasteiger partial charge in [-0.3, -0.25) is 0 Å². The molecule has 0 saturated carbocycles. The van der Waals surface area contributed by atoms with Crippen molar-refractivity contribution in [2.24, 2.45) is 5.92 Å². The molecule has 0 aliphatic heterocycles. The second kappa shape index (κ2) is 4.69. The molecule has 0 amide bonds. The van der Waals surface area contributed by atoms with Crippen molar-refractivity contribution in [2.75, 3.05) is 0 Å². The summed E-state index contributed by atoms with van der Waals surface area (Å²) in [6.45, 7) is 9.00. The Balaban J connectivity index is 0. The van der Waals surface area contributed by atoms with Crippen LogP contribution in [0.15, 0.2) is 0 Å². The molecule has 0 spiro atoms. The minimum atomic E-state index is 0. The van der Waals surface area contributed by atoms with Gasteiger partial charge in [-0.1, -0.05) is 0 Å². The van der Waals surface area contributed by atoms with Crippen LogP contribution in [0.2, 0.25) is 0 Å². The number of rotatable bonds is 0. The molecule has 30 valence electrons. The summed E-state index contributed by atoms with van der Waals surface area (Å²) in [7, 11) is 0. The fourth-order valence-corrected chi connectivity index (χ4v) is 0. The standard InChI is InChI=1S/C4H8.W/c1-4(2)3;/h4H,1-2H2,3H3;/q-2;+2. The van der Waals surface area contributed by atoms with E-state index in [9.17, 15) is 0 Å². The molecule has 0 unspecified atom stereocenters. The maximum atomic E-state index is 3.53. The SMILES string of the molecule is [CH2-]C([CH2-])C.[W+2]. The third-order valence-corrected chi connectivity index (χ3v) is 0. The summed E-state index contributed by atoms with van der Waals surface area (Å²) in [6.07, 6.45) is 0. The van der Waals surface area contributed by atoms with Gasteiger partial charge in [-0.25, -0.2) is 0 Å². The first-order chi connectivity index (χ1) is 1.73. The van der Waals surface area contributed by atoms with Gasteiger partial charge in [0.15, 0.2) is 0 Å². The van der Waals surface area contributed by atoms with E-state index >= 15 is 0 Å². The van der Waals surface area contributed by atoms with E-state index in [-0.39, 0.29) is 21.1 Å². The molecule has 0 atom stereocenters. The molecule has 0 heterocycles. The van der Waals surface area contributed by atoms with E-state index in [0.29, 0.717) is 5.92 Å². The van der Waals surface area contributed by atoms with Crippen molar-refractivity contribution >= 4 is 0 Å². The van der Waals surface area contributed by atoms with Crippen LogP contribution in [0.5, 0.6) is 0 Å². The molecule has 0 bridgehead atoms. The third kappa shape index (κ3) is 71.5. The second-order valence-corrected chi connectivity index (χ2v) is 1.11. The van der Waals surface area contributed by atoms with Gasteiger partial charge in [0.2, 0.25) is 0 Å². The van der Waals surface area contributed by atoms with E-state index < -0.39 is 0 Å². The van der Waals surface area contributed by atoms with E-state index in [2.05, 4.69) is 13.8 Å². The Bertz CT molecular complexity index is 8.36. The van der Waals surface area contributed by atoms with Crippen LogP contribution in [0, 0.1) is 19.8 Å². The molecule has 5 heavy (non-hydrogen) atoms. The van der Waals surface area contributed by atoms with E-state index in [4.69, 9.17) is 0 Å². The van der Waals surface area contributed by atoms with Crippen molar-refractivity contribution < 1.29 is 21.1 Å². The van der Waals surface area contributed by atoms with Gasteiger partial charge in [0.1, 0.15) is 0 Å². The minimum absolute atomic E-state index is 0. The van der Waals surface area contributed by atoms with E-state index in [0.717, 1.165) is 0 Å². The Labute approximate surface area is 48.2 Å². The molecule has 0 N–H and O–H groups in total. The average Bonchev–Trinajstić information content (AvgIpc) is 0.811. The van der Waals surface area contributed by atoms with Crippen LogP contribution in [0.3, 0.4) is 0 Å². The summed E-state index contributed by atoms with van der Waals surface area (Å²) in [4.78, 5) is 0. The van der Waals surface area contributed by atoms with Gasteiger partial charge in [0, 0.05) is 0 Å². The van der Waals surface area contributed by atoms with Crippen LogP contribution in [0.4, 0.5) is 0 Å². The van der Waals surface area contributed by atoms with Crippen LogP contribution in [-0.2, 0) is 21.1 Å². The molecule has 0 radical (unpaired) electrons. The average molecular weight is 240 g/mol. The Morgan fingerprint density at radius 3 is 1.40 bits per heavy atom. The third-order valence-electron chi connectivity index (χ3n) is 0. The van der Waals surface area contributed by atoms with Crippen molar-refractivity contribution in [1.29, 1.82) is 0 Å². The molecule has 0 aromatic rings. The molecule has 0 aromatic carbocycles. The molecule has 0 saturated heterocycles. The molecule has 0 aromatic heterocycles. The van der Waals surface area contributed by atoms with E-state index in [1.165, 1.54) is 0 Å². The smallest absolute Gasteiger partial charge is 0.370 e. The van der Waals surface area contributed by atoms with E-state index in [1.54, 1.807) is 0 Å².